The SMILES string of the molecule is COC(=O)c1ccc(C(=O)NCc2ccc(N(C)C)cc2)s1. The molecule has 1 amide bonds. The monoisotopic (exact) mass is 318 g/mol. The molecule has 0 unspecified atom stereocenters. The number of amides is 1. The maximum Gasteiger partial charge on any atom is 0.348 e. The van der Waals surface area contributed by atoms with Crippen LogP contribution in [0, 0.1) is 0 Å². The summed E-state index contributed by atoms with van der Waals surface area (Å²) < 4.78 is 4.62. The standard InChI is InChI=1S/C16H18N2O3S/c1-18(2)12-6-4-11(5-7-12)10-17-15(19)13-8-9-14(22-13)16(20)21-3/h4-9H,10H2,1-3H3,(H,17,19). The summed E-state index contributed by atoms with van der Waals surface area (Å²) in [5.74, 6) is -0.625. The van der Waals surface area contributed by atoms with Gasteiger partial charge in [-0.2, -0.15) is 0 Å². The van der Waals surface area contributed by atoms with Crippen LogP contribution in [-0.2, 0) is 11.3 Å². The Labute approximate surface area is 133 Å². The van der Waals surface area contributed by atoms with Crippen molar-refractivity contribution in [2.24, 2.45) is 0 Å². The highest BCUT2D eigenvalue weighted by Crippen LogP contribution is 2.17. The molecule has 5 nitrogen and oxygen atoms in total. The van der Waals surface area contributed by atoms with Gasteiger partial charge in [0.2, 0.25) is 0 Å². The second-order valence-corrected chi connectivity index (χ2v) is 5.98. The number of hydrogen-bond acceptors (Lipinski definition) is 5. The third kappa shape index (κ3) is 3.85. The molecule has 0 spiro atoms. The molecule has 2 aromatic rings. The summed E-state index contributed by atoms with van der Waals surface area (Å²) in [7, 11) is 5.28. The normalized spacial score (nSPS) is 10.1. The minimum atomic E-state index is -0.427. The van der Waals surface area contributed by atoms with Gasteiger partial charge in [-0.1, -0.05) is 12.1 Å². The lowest BCUT2D eigenvalue weighted by Crippen LogP contribution is -2.21. The first kappa shape index (κ1) is 16.0. The number of ether oxygens (including phenoxy) is 1. The maximum absolute atomic E-state index is 12.1. The number of nitrogens with one attached hydrogen (secondary N) is 1. The fourth-order valence-corrected chi connectivity index (χ4v) is 2.69. The Kier molecular flexibility index (Phi) is 5.16. The maximum atomic E-state index is 12.1. The molecular weight excluding hydrogens is 300 g/mol. The number of carbonyl (C=O) groups excluding carboxylic acids is 2. The predicted octanol–water partition coefficient (Wildman–Crippen LogP) is 2.53. The molecule has 0 bridgehead atoms. The first-order chi connectivity index (χ1) is 10.5. The molecule has 1 heterocycles. The van der Waals surface area contributed by atoms with Crippen LogP contribution in [-0.4, -0.2) is 33.1 Å². The van der Waals surface area contributed by atoms with Crippen LogP contribution in [0.4, 0.5) is 5.69 Å². The number of benzene rings is 1. The van der Waals surface area contributed by atoms with Crippen LogP contribution in [0.3, 0.4) is 0 Å². The number of rotatable bonds is 5. The van der Waals surface area contributed by atoms with E-state index in [1.807, 2.05) is 43.3 Å². The number of thiophene rings is 1. The van der Waals surface area contributed by atoms with Gasteiger partial charge in [0.1, 0.15) is 4.88 Å². The largest absolute Gasteiger partial charge is 0.465 e. The summed E-state index contributed by atoms with van der Waals surface area (Å²) in [6.07, 6.45) is 0. The summed E-state index contributed by atoms with van der Waals surface area (Å²) in [5, 5.41) is 2.84. The lowest BCUT2D eigenvalue weighted by atomic mass is 10.2. The average Bonchev–Trinajstić information content (AvgIpc) is 3.02. The fourth-order valence-electron chi connectivity index (χ4n) is 1.85. The van der Waals surface area contributed by atoms with Crippen LogP contribution in [0.2, 0.25) is 0 Å². The predicted molar refractivity (Wildman–Crippen MR) is 87.6 cm³/mol. The first-order valence-corrected chi connectivity index (χ1v) is 7.55. The van der Waals surface area contributed by atoms with Crippen molar-refractivity contribution in [3.05, 3.63) is 51.7 Å². The molecule has 6 heteroatoms. The quantitative estimate of drug-likeness (QED) is 0.861. The number of carbonyl (C=O) groups is 2. The van der Waals surface area contributed by atoms with Crippen LogP contribution >= 0.6 is 11.3 Å². The summed E-state index contributed by atoms with van der Waals surface area (Å²) >= 11 is 1.12. The van der Waals surface area contributed by atoms with Gasteiger partial charge in [0, 0.05) is 26.3 Å². The van der Waals surface area contributed by atoms with E-state index in [0.717, 1.165) is 22.6 Å². The lowest BCUT2D eigenvalue weighted by Gasteiger charge is -2.12. The topological polar surface area (TPSA) is 58.6 Å². The minimum absolute atomic E-state index is 0.197. The zero-order valence-corrected chi connectivity index (χ0v) is 13.6. The molecule has 1 N–H and O–H groups in total. The molecule has 0 fully saturated rings. The van der Waals surface area contributed by atoms with Crippen LogP contribution in [0.5, 0.6) is 0 Å². The molecule has 0 aliphatic rings. The molecule has 0 aliphatic carbocycles. The second-order valence-electron chi connectivity index (χ2n) is 4.90. The molecule has 0 atom stereocenters. The fraction of sp³-hybridized carbons (Fsp3) is 0.250. The number of methoxy groups -OCH3 is 1. The lowest BCUT2D eigenvalue weighted by molar-refractivity contribution is 0.0606. The van der Waals surface area contributed by atoms with Crippen LogP contribution in [0.1, 0.15) is 24.9 Å². The Bertz CT molecular complexity index is 662. The summed E-state index contributed by atoms with van der Waals surface area (Å²) in [5.41, 5.74) is 2.12. The van der Waals surface area contributed by atoms with Gasteiger partial charge in [-0.15, -0.1) is 11.3 Å². The Morgan fingerprint density at radius 3 is 2.32 bits per heavy atom. The Balaban J connectivity index is 1.95. The van der Waals surface area contributed by atoms with Crippen molar-refractivity contribution in [1.29, 1.82) is 0 Å². The summed E-state index contributed by atoms with van der Waals surface area (Å²) in [4.78, 5) is 26.4. The van der Waals surface area contributed by atoms with Crippen molar-refractivity contribution in [3.8, 4) is 0 Å². The van der Waals surface area contributed by atoms with Crippen molar-refractivity contribution in [1.82, 2.24) is 5.32 Å². The Morgan fingerprint density at radius 2 is 1.73 bits per heavy atom. The first-order valence-electron chi connectivity index (χ1n) is 6.74. The number of esters is 1. The molecule has 22 heavy (non-hydrogen) atoms. The molecule has 0 radical (unpaired) electrons. The van der Waals surface area contributed by atoms with Gasteiger partial charge in [-0.3, -0.25) is 4.79 Å². The van der Waals surface area contributed by atoms with E-state index in [-0.39, 0.29) is 5.91 Å². The highest BCUT2D eigenvalue weighted by molar-refractivity contribution is 7.15. The Morgan fingerprint density at radius 1 is 1.09 bits per heavy atom. The molecule has 0 saturated carbocycles. The second kappa shape index (κ2) is 7.09. The van der Waals surface area contributed by atoms with Crippen molar-refractivity contribution in [2.75, 3.05) is 26.1 Å². The molecular formula is C16H18N2O3S. The third-order valence-corrected chi connectivity index (χ3v) is 4.19. The number of nitrogens with zero attached hydrogens (tertiary/aromatic N) is 1. The van der Waals surface area contributed by atoms with E-state index in [2.05, 4.69) is 10.1 Å². The zero-order valence-electron chi connectivity index (χ0n) is 12.8. The molecule has 1 aromatic heterocycles. The zero-order chi connectivity index (χ0) is 16.1. The van der Waals surface area contributed by atoms with Crippen molar-refractivity contribution in [2.45, 2.75) is 6.54 Å². The number of hydrogen-bond donors (Lipinski definition) is 1. The van der Waals surface area contributed by atoms with E-state index in [0.29, 0.717) is 16.3 Å². The van der Waals surface area contributed by atoms with E-state index in [1.165, 1.54) is 7.11 Å². The highest BCUT2D eigenvalue weighted by Gasteiger charge is 2.13. The van der Waals surface area contributed by atoms with Gasteiger partial charge in [0.25, 0.3) is 5.91 Å². The number of anilines is 1. The average molecular weight is 318 g/mol. The van der Waals surface area contributed by atoms with Crippen LogP contribution in [0.25, 0.3) is 0 Å². The van der Waals surface area contributed by atoms with Gasteiger partial charge >= 0.3 is 5.97 Å². The smallest absolute Gasteiger partial charge is 0.348 e. The summed E-state index contributed by atoms with van der Waals surface area (Å²) in [6.45, 7) is 0.442. The van der Waals surface area contributed by atoms with E-state index in [9.17, 15) is 9.59 Å². The third-order valence-electron chi connectivity index (χ3n) is 3.12. The molecule has 1 aromatic carbocycles. The van der Waals surface area contributed by atoms with Crippen molar-refractivity contribution < 1.29 is 14.3 Å². The highest BCUT2D eigenvalue weighted by atomic mass is 32.1. The van der Waals surface area contributed by atoms with E-state index in [1.54, 1.807) is 12.1 Å². The van der Waals surface area contributed by atoms with Crippen molar-refractivity contribution in [3.63, 3.8) is 0 Å². The molecule has 2 rings (SSSR count). The molecule has 116 valence electrons. The van der Waals surface area contributed by atoms with Gasteiger partial charge in [-0.05, 0) is 29.8 Å². The van der Waals surface area contributed by atoms with Gasteiger partial charge in [0.15, 0.2) is 0 Å². The van der Waals surface area contributed by atoms with E-state index >= 15 is 0 Å². The molecule has 0 aliphatic heterocycles. The van der Waals surface area contributed by atoms with Crippen LogP contribution in [0.15, 0.2) is 36.4 Å². The minimum Gasteiger partial charge on any atom is -0.465 e. The Hall–Kier alpha value is -2.34. The van der Waals surface area contributed by atoms with Crippen molar-refractivity contribution >= 4 is 28.9 Å². The summed E-state index contributed by atoms with van der Waals surface area (Å²) in [6, 6.07) is 11.2. The van der Waals surface area contributed by atoms with E-state index in [4.69, 9.17) is 0 Å². The van der Waals surface area contributed by atoms with Gasteiger partial charge < -0.3 is 15.0 Å². The molecule has 0 saturated heterocycles. The van der Waals surface area contributed by atoms with Crippen LogP contribution < -0.4 is 10.2 Å². The van der Waals surface area contributed by atoms with E-state index < -0.39 is 5.97 Å². The van der Waals surface area contributed by atoms with Gasteiger partial charge in [-0.25, -0.2) is 4.79 Å². The van der Waals surface area contributed by atoms with Gasteiger partial charge in [0.05, 0.1) is 12.0 Å².